The highest BCUT2D eigenvalue weighted by molar-refractivity contribution is 7.33. The van der Waals surface area contributed by atoms with Crippen molar-refractivity contribution in [1.29, 1.82) is 0 Å². The third-order valence-electron chi connectivity index (χ3n) is 0.507. The summed E-state index contributed by atoms with van der Waals surface area (Å²) in [7, 11) is 0.0614. The van der Waals surface area contributed by atoms with Crippen molar-refractivity contribution in [2.24, 2.45) is 0 Å². The molecule has 0 aliphatic carbocycles. The molecule has 0 spiro atoms. The molecule has 0 aromatic carbocycles. The fraction of sp³-hybridized carbons (Fsp3) is 1.00. The van der Waals surface area contributed by atoms with Gasteiger partial charge in [0.05, 0.1) is 0 Å². The Balaban J connectivity index is 2.63. The predicted molar refractivity (Wildman–Crippen MR) is 38.4 cm³/mol. The maximum Gasteiger partial charge on any atom is 0.236 e. The van der Waals surface area contributed by atoms with Crippen LogP contribution in [0.3, 0.4) is 0 Å². The zero-order valence-electron chi connectivity index (χ0n) is 3.75. The van der Waals surface area contributed by atoms with Crippen molar-refractivity contribution in [3.8, 4) is 0 Å². The molecule has 38 valence electrons. The summed E-state index contributed by atoms with van der Waals surface area (Å²) in [6.45, 7) is 0. The number of hydrogen-bond donors (Lipinski definition) is 0. The van der Waals surface area contributed by atoms with E-state index in [9.17, 15) is 0 Å². The molecule has 0 heterocycles. The molecule has 0 nitrogen and oxygen atoms in total. The van der Waals surface area contributed by atoms with Gasteiger partial charge in [0, 0.05) is 10.2 Å². The molecular weight excluding hydrogens is 151 g/mol. The highest BCUT2D eigenvalue weighted by Gasteiger charge is 1.95. The maximum absolute atomic E-state index is 5.50. The first-order valence-corrected chi connectivity index (χ1v) is 7.77. The topological polar surface area (TPSA) is 0 Å². The van der Waals surface area contributed by atoms with Gasteiger partial charge in [0.1, 0.15) is 0 Å². The van der Waals surface area contributed by atoms with Crippen molar-refractivity contribution in [1.82, 2.24) is 0 Å². The molecule has 0 fully saturated rings. The normalized spacial score (nSPS) is 10.5. The van der Waals surface area contributed by atoms with Crippen molar-refractivity contribution < 1.29 is 0 Å². The third kappa shape index (κ3) is 5.01. The Bertz CT molecular complexity index is 30.7. The molecule has 0 unspecified atom stereocenters. The summed E-state index contributed by atoms with van der Waals surface area (Å²) in [4.78, 5) is 0. The molecule has 0 radical (unpaired) electrons. The molecule has 0 bridgehead atoms. The second-order valence-corrected chi connectivity index (χ2v) is 7.37. The van der Waals surface area contributed by atoms with Gasteiger partial charge in [0.15, 0.2) is 0 Å². The van der Waals surface area contributed by atoms with Crippen LogP contribution in [-0.2, 0) is 0 Å². The van der Waals surface area contributed by atoms with Gasteiger partial charge in [-0.25, -0.2) is 0 Å². The average molecular weight is 159 g/mol. The van der Waals surface area contributed by atoms with Gasteiger partial charge in [-0.2, -0.15) is 22.2 Å². The molecule has 0 aliphatic rings. The summed E-state index contributed by atoms with van der Waals surface area (Å²) in [5.41, 5.74) is 0. The highest BCUT2D eigenvalue weighted by atomic mass is 35.7. The summed E-state index contributed by atoms with van der Waals surface area (Å²) >= 11 is 11.0. The van der Waals surface area contributed by atoms with Crippen LogP contribution >= 0.6 is 22.2 Å². The quantitative estimate of drug-likeness (QED) is 0.406. The van der Waals surface area contributed by atoms with Gasteiger partial charge in [-0.3, -0.25) is 0 Å². The number of rotatable bonds is 2. The zero-order valence-corrected chi connectivity index (χ0v) is 8.41. The number of halogens is 2. The van der Waals surface area contributed by atoms with E-state index in [1.807, 2.05) is 0 Å². The van der Waals surface area contributed by atoms with Crippen LogP contribution in [0.15, 0.2) is 0 Å². The minimum atomic E-state index is -1.19. The second-order valence-electron chi connectivity index (χ2n) is 1.18. The summed E-state index contributed by atoms with van der Waals surface area (Å²) in [5, 5.41) is 0. The largest absolute Gasteiger partial charge is 0.236 e. The Labute approximate surface area is 52.3 Å². The smallest absolute Gasteiger partial charge is 0.150 e. The molecule has 0 aromatic rings. The van der Waals surface area contributed by atoms with Crippen LogP contribution in [0.5, 0.6) is 0 Å². The summed E-state index contributed by atoms with van der Waals surface area (Å²) < 4.78 is 0. The minimum absolute atomic E-state index is 1.11. The Kier molecular flexibility index (Phi) is 4.89. The second kappa shape index (κ2) is 4.18. The molecule has 0 aromatic heterocycles. The zero-order chi connectivity index (χ0) is 4.99. The van der Waals surface area contributed by atoms with E-state index in [1.165, 1.54) is 16.3 Å². The van der Waals surface area contributed by atoms with E-state index >= 15 is 0 Å². The summed E-state index contributed by atoms with van der Waals surface area (Å²) in [6.07, 6.45) is 0. The predicted octanol–water partition coefficient (Wildman–Crippen LogP) is 0.468. The highest BCUT2D eigenvalue weighted by Crippen LogP contribution is 2.03. The van der Waals surface area contributed by atoms with Gasteiger partial charge in [-0.1, -0.05) is 6.04 Å². The van der Waals surface area contributed by atoms with Gasteiger partial charge in [-0.15, -0.1) is 0 Å². The lowest BCUT2D eigenvalue weighted by Gasteiger charge is -1.87. The van der Waals surface area contributed by atoms with Crippen LogP contribution in [0.2, 0.25) is 12.1 Å². The fourth-order valence-corrected chi connectivity index (χ4v) is 5.89. The summed E-state index contributed by atoms with van der Waals surface area (Å²) in [6, 6.07) is 2.37. The van der Waals surface area contributed by atoms with Crippen LogP contribution in [0.1, 0.15) is 0 Å². The first-order valence-electron chi connectivity index (χ1n) is 2.05. The van der Waals surface area contributed by atoms with E-state index in [0.717, 1.165) is 6.04 Å². The molecule has 0 saturated heterocycles. The van der Waals surface area contributed by atoms with Gasteiger partial charge in [0.2, 0.25) is 7.42 Å². The molecule has 0 rings (SSSR count). The van der Waals surface area contributed by atoms with Crippen LogP contribution in [0, 0.1) is 0 Å². The van der Waals surface area contributed by atoms with Gasteiger partial charge >= 0.3 is 0 Å². The fourth-order valence-electron chi connectivity index (χ4n) is 0.218. The van der Waals surface area contributed by atoms with Crippen molar-refractivity contribution in [2.45, 2.75) is 12.1 Å². The van der Waals surface area contributed by atoms with E-state index in [1.54, 1.807) is 0 Å². The molecular formula is C2H8Cl2Si2. The van der Waals surface area contributed by atoms with E-state index < -0.39 is 7.42 Å². The van der Waals surface area contributed by atoms with Gasteiger partial charge in [-0.05, 0) is 6.04 Å². The van der Waals surface area contributed by atoms with Crippen LogP contribution < -0.4 is 0 Å². The Hall–Kier alpha value is 1.01. The Morgan fingerprint density at radius 2 is 2.00 bits per heavy atom. The van der Waals surface area contributed by atoms with Crippen molar-refractivity contribution in [2.75, 3.05) is 0 Å². The Morgan fingerprint density at radius 1 is 1.50 bits per heavy atom. The molecule has 0 aliphatic heterocycles. The molecule has 0 saturated carbocycles. The maximum atomic E-state index is 5.50. The molecule has 0 amide bonds. The lowest BCUT2D eigenvalue weighted by molar-refractivity contribution is 1.45. The first-order chi connectivity index (χ1) is 2.77. The van der Waals surface area contributed by atoms with Crippen molar-refractivity contribution in [3.05, 3.63) is 0 Å². The lowest BCUT2D eigenvalue weighted by atomic mass is 11.0. The average Bonchev–Trinajstić information content (AvgIpc) is 1.35. The van der Waals surface area contributed by atoms with E-state index in [2.05, 4.69) is 0 Å². The third-order valence-corrected chi connectivity index (χ3v) is 4.56. The first kappa shape index (κ1) is 7.01. The molecule has 6 heavy (non-hydrogen) atoms. The SMILES string of the molecule is [SiH3]CC[SiH](Cl)Cl. The monoisotopic (exact) mass is 158 g/mol. The van der Waals surface area contributed by atoms with Crippen LogP contribution in [-0.4, -0.2) is 17.7 Å². The molecule has 0 atom stereocenters. The minimum Gasteiger partial charge on any atom is -0.150 e. The van der Waals surface area contributed by atoms with E-state index in [-0.39, 0.29) is 0 Å². The molecule has 0 N–H and O–H groups in total. The molecule has 4 heteroatoms. The van der Waals surface area contributed by atoms with Crippen LogP contribution in [0.25, 0.3) is 0 Å². The van der Waals surface area contributed by atoms with Crippen molar-refractivity contribution in [3.63, 3.8) is 0 Å². The van der Waals surface area contributed by atoms with Gasteiger partial charge < -0.3 is 0 Å². The van der Waals surface area contributed by atoms with Gasteiger partial charge in [0.25, 0.3) is 0 Å². The van der Waals surface area contributed by atoms with E-state index in [0.29, 0.717) is 0 Å². The standard InChI is InChI=1S/C2H8Cl2Si2/c3-6(4)2-1-5/h6H,1-2H2,5H3. The Morgan fingerprint density at radius 3 is 2.00 bits per heavy atom. The van der Waals surface area contributed by atoms with Crippen LogP contribution in [0.4, 0.5) is 0 Å². The van der Waals surface area contributed by atoms with E-state index in [4.69, 9.17) is 22.2 Å². The lowest BCUT2D eigenvalue weighted by Crippen LogP contribution is -1.88. The van der Waals surface area contributed by atoms with Crippen molar-refractivity contribution >= 4 is 39.8 Å². The summed E-state index contributed by atoms with van der Waals surface area (Å²) in [5.74, 6) is 0. The number of hydrogen-bond acceptors (Lipinski definition) is 0.